The van der Waals surface area contributed by atoms with Gasteiger partial charge in [-0.3, -0.25) is 0 Å². The Labute approximate surface area is 151 Å². The lowest BCUT2D eigenvalue weighted by Crippen LogP contribution is -1.87. The van der Waals surface area contributed by atoms with E-state index in [1.807, 2.05) is 0 Å². The predicted octanol–water partition coefficient (Wildman–Crippen LogP) is 7.39. The van der Waals surface area contributed by atoms with Crippen LogP contribution < -0.4 is 0 Å². The van der Waals surface area contributed by atoms with Crippen molar-refractivity contribution in [3.8, 4) is 21.6 Å². The van der Waals surface area contributed by atoms with Crippen LogP contribution in [0.25, 0.3) is 43.1 Å². The van der Waals surface area contributed by atoms with Crippen LogP contribution in [0.5, 0.6) is 0 Å². The first-order chi connectivity index (χ1) is 12.4. The fraction of sp³-hybridized carbons (Fsp3) is 0. The summed E-state index contributed by atoms with van der Waals surface area (Å²) in [5.41, 5.74) is 3.94. The summed E-state index contributed by atoms with van der Waals surface area (Å²) >= 11 is 1.81. The average Bonchev–Trinajstić information content (AvgIpc) is 3.21. The van der Waals surface area contributed by atoms with Crippen LogP contribution in [0.1, 0.15) is 0 Å². The third-order valence-corrected chi connectivity index (χ3v) is 5.66. The molecule has 118 valence electrons. The first-order valence-corrected chi connectivity index (χ1v) is 9.33. The minimum atomic E-state index is 1.28. The van der Waals surface area contributed by atoms with Gasteiger partial charge in [0, 0.05) is 10.4 Å². The van der Waals surface area contributed by atoms with E-state index in [0.29, 0.717) is 0 Å². The molecule has 5 rings (SSSR count). The van der Waals surface area contributed by atoms with Gasteiger partial charge in [0.05, 0.1) is 0 Å². The summed E-state index contributed by atoms with van der Waals surface area (Å²) in [5, 5.41) is 7.35. The highest BCUT2D eigenvalue weighted by Gasteiger charge is 2.14. The molecule has 0 saturated heterocycles. The Morgan fingerprint density at radius 2 is 1.20 bits per heavy atom. The van der Waals surface area contributed by atoms with Crippen molar-refractivity contribution in [1.29, 1.82) is 0 Å². The molecule has 4 aromatic carbocycles. The molecule has 0 unspecified atom stereocenters. The van der Waals surface area contributed by atoms with Crippen molar-refractivity contribution in [2.45, 2.75) is 0 Å². The topological polar surface area (TPSA) is 0 Å². The number of thiophene rings is 1. The normalized spacial score (nSPS) is 11.2. The summed E-state index contributed by atoms with van der Waals surface area (Å²) in [6.07, 6.45) is 0. The Kier molecular flexibility index (Phi) is 3.39. The molecule has 0 aliphatic carbocycles. The maximum atomic E-state index is 2.28. The zero-order valence-corrected chi connectivity index (χ0v) is 14.5. The zero-order chi connectivity index (χ0) is 16.6. The smallest absolute Gasteiger partial charge is 0.0355 e. The molecule has 0 aliphatic rings. The summed E-state index contributed by atoms with van der Waals surface area (Å²) in [6.45, 7) is 0. The molecule has 1 aromatic heterocycles. The largest absolute Gasteiger partial charge is 0.144 e. The van der Waals surface area contributed by atoms with E-state index in [2.05, 4.69) is 96.4 Å². The molecule has 0 saturated carbocycles. The lowest BCUT2D eigenvalue weighted by Gasteiger charge is -2.14. The van der Waals surface area contributed by atoms with Gasteiger partial charge >= 0.3 is 0 Å². The van der Waals surface area contributed by atoms with Crippen molar-refractivity contribution >= 4 is 32.9 Å². The molecule has 25 heavy (non-hydrogen) atoms. The molecule has 0 aliphatic heterocycles. The second kappa shape index (κ2) is 5.87. The SMILES string of the molecule is c1csc(-c2c(-c3cccc4ccccc34)ccc3ccccc23)c1. The molecule has 0 bridgehead atoms. The molecule has 5 aromatic rings. The van der Waals surface area contributed by atoms with Crippen molar-refractivity contribution in [2.24, 2.45) is 0 Å². The number of hydrogen-bond acceptors (Lipinski definition) is 1. The summed E-state index contributed by atoms with van der Waals surface area (Å²) in [5.74, 6) is 0. The van der Waals surface area contributed by atoms with Crippen LogP contribution in [-0.2, 0) is 0 Å². The first-order valence-electron chi connectivity index (χ1n) is 8.45. The van der Waals surface area contributed by atoms with Crippen molar-refractivity contribution in [2.75, 3.05) is 0 Å². The third kappa shape index (κ3) is 2.36. The van der Waals surface area contributed by atoms with Gasteiger partial charge in [0.2, 0.25) is 0 Å². The highest BCUT2D eigenvalue weighted by Crippen LogP contribution is 2.42. The lowest BCUT2D eigenvalue weighted by molar-refractivity contribution is 1.67. The third-order valence-electron chi connectivity index (χ3n) is 4.78. The van der Waals surface area contributed by atoms with E-state index in [0.717, 1.165) is 0 Å². The van der Waals surface area contributed by atoms with E-state index in [-0.39, 0.29) is 0 Å². The van der Waals surface area contributed by atoms with Crippen LogP contribution in [0, 0.1) is 0 Å². The highest BCUT2D eigenvalue weighted by molar-refractivity contribution is 7.13. The van der Waals surface area contributed by atoms with Gasteiger partial charge in [-0.05, 0) is 44.1 Å². The van der Waals surface area contributed by atoms with Crippen molar-refractivity contribution in [1.82, 2.24) is 0 Å². The van der Waals surface area contributed by atoms with E-state index in [9.17, 15) is 0 Å². The van der Waals surface area contributed by atoms with Crippen molar-refractivity contribution < 1.29 is 0 Å². The first kappa shape index (κ1) is 14.4. The molecule has 0 radical (unpaired) electrons. The predicted molar refractivity (Wildman–Crippen MR) is 110 cm³/mol. The van der Waals surface area contributed by atoms with E-state index >= 15 is 0 Å². The molecular weight excluding hydrogens is 320 g/mol. The van der Waals surface area contributed by atoms with Gasteiger partial charge < -0.3 is 0 Å². The van der Waals surface area contributed by atoms with Crippen LogP contribution >= 0.6 is 11.3 Å². The molecule has 1 heterocycles. The molecular formula is C24H16S. The Morgan fingerprint density at radius 1 is 0.480 bits per heavy atom. The van der Waals surface area contributed by atoms with E-state index in [4.69, 9.17) is 0 Å². The second-order valence-corrected chi connectivity index (χ2v) is 7.16. The van der Waals surface area contributed by atoms with Gasteiger partial charge in [0.1, 0.15) is 0 Å². The molecule has 0 spiro atoms. The quantitative estimate of drug-likeness (QED) is 0.315. The number of benzene rings is 4. The lowest BCUT2D eigenvalue weighted by atomic mass is 9.90. The van der Waals surface area contributed by atoms with Gasteiger partial charge in [-0.1, -0.05) is 84.9 Å². The summed E-state index contributed by atoms with van der Waals surface area (Å²) in [7, 11) is 0. The maximum absolute atomic E-state index is 2.28. The van der Waals surface area contributed by atoms with Gasteiger partial charge in [-0.25, -0.2) is 0 Å². The van der Waals surface area contributed by atoms with Gasteiger partial charge in [-0.2, -0.15) is 0 Å². The molecule has 1 heteroatoms. The van der Waals surface area contributed by atoms with Crippen LogP contribution in [-0.4, -0.2) is 0 Å². The van der Waals surface area contributed by atoms with E-state index < -0.39 is 0 Å². The highest BCUT2D eigenvalue weighted by atomic mass is 32.1. The number of rotatable bonds is 2. The summed E-state index contributed by atoms with van der Waals surface area (Å²) in [4.78, 5) is 1.32. The van der Waals surface area contributed by atoms with E-state index in [1.165, 1.54) is 43.1 Å². The Morgan fingerprint density at radius 3 is 2.00 bits per heavy atom. The Balaban J connectivity index is 1.92. The standard InChI is InChI=1S/C24H16S/c1-3-10-19-17(7-1)9-5-12-21(19)22-15-14-18-8-2-4-11-20(18)24(22)23-13-6-16-25-23/h1-16H. The van der Waals surface area contributed by atoms with Gasteiger partial charge in [-0.15, -0.1) is 11.3 Å². The van der Waals surface area contributed by atoms with Crippen molar-refractivity contribution in [3.63, 3.8) is 0 Å². The number of hydrogen-bond donors (Lipinski definition) is 0. The summed E-state index contributed by atoms with van der Waals surface area (Å²) < 4.78 is 0. The second-order valence-electron chi connectivity index (χ2n) is 6.21. The maximum Gasteiger partial charge on any atom is 0.0355 e. The van der Waals surface area contributed by atoms with E-state index in [1.54, 1.807) is 11.3 Å². The fourth-order valence-electron chi connectivity index (χ4n) is 3.64. The van der Waals surface area contributed by atoms with Gasteiger partial charge in [0.15, 0.2) is 0 Å². The fourth-order valence-corrected chi connectivity index (χ4v) is 4.44. The zero-order valence-electron chi connectivity index (χ0n) is 13.6. The molecule has 0 atom stereocenters. The minimum absolute atomic E-state index is 1.28. The Hall–Kier alpha value is -2.90. The monoisotopic (exact) mass is 336 g/mol. The minimum Gasteiger partial charge on any atom is -0.144 e. The Bertz CT molecular complexity index is 1180. The molecule has 0 N–H and O–H groups in total. The van der Waals surface area contributed by atoms with Crippen LogP contribution in [0.3, 0.4) is 0 Å². The van der Waals surface area contributed by atoms with Crippen LogP contribution in [0.4, 0.5) is 0 Å². The molecule has 0 fully saturated rings. The average molecular weight is 336 g/mol. The summed E-state index contributed by atoms with van der Waals surface area (Å²) in [6, 6.07) is 32.8. The van der Waals surface area contributed by atoms with Crippen molar-refractivity contribution in [3.05, 3.63) is 96.4 Å². The van der Waals surface area contributed by atoms with Crippen LogP contribution in [0.15, 0.2) is 96.4 Å². The number of fused-ring (bicyclic) bond motifs is 2. The molecule has 0 nitrogen and oxygen atoms in total. The van der Waals surface area contributed by atoms with Gasteiger partial charge in [0.25, 0.3) is 0 Å². The molecule has 0 amide bonds. The van der Waals surface area contributed by atoms with Crippen LogP contribution in [0.2, 0.25) is 0 Å².